The molecule has 0 aromatic heterocycles. The maximum Gasteiger partial charge on any atom is 0.410 e. The Morgan fingerprint density at radius 2 is 1.78 bits per heavy atom. The zero-order valence-corrected chi connectivity index (χ0v) is 33.0. The number of carbonyl (C=O) groups excluding carboxylic acids is 1. The number of oxime groups is 1. The SMILES string of the molecule is C=CCOc1ccc2c(c1)C1C(CCCCO)C(CCCCO)C=C3C(=NOC(C)(C)C)CC(N(CCOCCO)C(=O)OCCCl)C(OCC=C)(O2)C31. The molecule has 1 aromatic rings. The molecule has 1 aliphatic heterocycles. The monoisotopic (exact) mass is 776 g/mol. The number of nitrogens with zero attached hydrogens (tertiary/aromatic N) is 2. The molecule has 13 heteroatoms. The topological polar surface area (TPSA) is 149 Å². The first-order valence-corrected chi connectivity index (χ1v) is 19.8. The van der Waals surface area contributed by atoms with E-state index in [1.54, 1.807) is 17.1 Å². The molecule has 3 N–H and O–H groups in total. The second-order valence-electron chi connectivity index (χ2n) is 14.9. The van der Waals surface area contributed by atoms with Crippen LogP contribution in [0.2, 0.25) is 0 Å². The number of fused-ring (bicyclic) bond motifs is 2. The summed E-state index contributed by atoms with van der Waals surface area (Å²) in [6.07, 6.45) is 9.83. The van der Waals surface area contributed by atoms with Crippen molar-refractivity contribution in [1.29, 1.82) is 0 Å². The number of aliphatic hydroxyl groups excluding tert-OH is 3. The molecule has 1 fully saturated rings. The number of aliphatic hydroxyl groups is 3. The quantitative estimate of drug-likeness (QED) is 0.0496. The highest BCUT2D eigenvalue weighted by atomic mass is 35.5. The summed E-state index contributed by atoms with van der Waals surface area (Å²) in [5, 5.41) is 33.9. The average Bonchev–Trinajstić information content (AvgIpc) is 3.15. The second-order valence-corrected chi connectivity index (χ2v) is 15.3. The number of amides is 1. The van der Waals surface area contributed by atoms with E-state index in [-0.39, 0.29) is 82.8 Å². The summed E-state index contributed by atoms with van der Waals surface area (Å²) in [6.45, 7) is 14.4. The highest BCUT2D eigenvalue weighted by Gasteiger charge is 2.65. The molecule has 1 saturated carbocycles. The van der Waals surface area contributed by atoms with E-state index < -0.39 is 29.4 Å². The van der Waals surface area contributed by atoms with Crippen molar-refractivity contribution < 1.29 is 48.6 Å². The summed E-state index contributed by atoms with van der Waals surface area (Å²) in [6, 6.07) is 5.00. The molecule has 302 valence electrons. The van der Waals surface area contributed by atoms with Crippen molar-refractivity contribution >= 4 is 23.4 Å². The zero-order chi connectivity index (χ0) is 39.1. The number of halogens is 1. The van der Waals surface area contributed by atoms with Gasteiger partial charge in [0.25, 0.3) is 0 Å². The van der Waals surface area contributed by atoms with Gasteiger partial charge in [-0.1, -0.05) is 42.8 Å². The number of hydrogen-bond acceptors (Lipinski definition) is 11. The fraction of sp³-hybridized carbons (Fsp3) is 0.659. The lowest BCUT2D eigenvalue weighted by molar-refractivity contribution is -0.256. The maximum absolute atomic E-state index is 14.1. The minimum atomic E-state index is -1.45. The lowest BCUT2D eigenvalue weighted by Gasteiger charge is -2.59. The Morgan fingerprint density at radius 1 is 1.04 bits per heavy atom. The zero-order valence-electron chi connectivity index (χ0n) is 32.3. The van der Waals surface area contributed by atoms with Gasteiger partial charge in [-0.15, -0.1) is 18.2 Å². The summed E-state index contributed by atoms with van der Waals surface area (Å²) in [5.74, 6) is -0.626. The smallest absolute Gasteiger partial charge is 0.410 e. The summed E-state index contributed by atoms with van der Waals surface area (Å²) in [4.78, 5) is 21.8. The van der Waals surface area contributed by atoms with Crippen LogP contribution in [0.15, 0.2) is 60.3 Å². The normalized spacial score (nSPS) is 25.1. The molecule has 6 unspecified atom stereocenters. The van der Waals surface area contributed by atoms with Gasteiger partial charge < -0.3 is 43.8 Å². The van der Waals surface area contributed by atoms with Crippen LogP contribution in [-0.2, 0) is 19.0 Å². The molecular weight excluding hydrogens is 716 g/mol. The molecule has 0 saturated heterocycles. The van der Waals surface area contributed by atoms with Gasteiger partial charge in [0, 0.05) is 37.7 Å². The highest BCUT2D eigenvalue weighted by Crippen LogP contribution is 2.62. The Morgan fingerprint density at radius 3 is 2.44 bits per heavy atom. The standard InChI is InChI=1S/C41H61ClN2O10/c1-6-21-50-30-14-15-35-33(27-30)37-31(13-9-11-19-46)29(12-8-10-18-45)26-32-34(43-54-40(3,4)5)28-36(41(53-35,38(32)37)52-22-7-2)44(17-24-49-25-20-47)39(48)51-23-16-42/h6-7,14-15,26-27,29,31,36-38,45-47H,1-2,8-13,16-25,28H2,3-5H3. The molecule has 1 amide bonds. The second kappa shape index (κ2) is 21.2. The molecule has 0 spiro atoms. The Labute approximate surface area is 325 Å². The number of unbranched alkanes of at least 4 members (excludes halogenated alkanes) is 2. The third kappa shape index (κ3) is 10.8. The molecule has 1 heterocycles. The molecule has 54 heavy (non-hydrogen) atoms. The van der Waals surface area contributed by atoms with Gasteiger partial charge in [-0.25, -0.2) is 4.79 Å². The van der Waals surface area contributed by atoms with Crippen LogP contribution in [0.4, 0.5) is 4.79 Å². The minimum absolute atomic E-state index is 0.00740. The van der Waals surface area contributed by atoms with E-state index in [4.69, 9.17) is 45.3 Å². The van der Waals surface area contributed by atoms with Crippen molar-refractivity contribution in [3.63, 3.8) is 0 Å². The van der Waals surface area contributed by atoms with Gasteiger partial charge >= 0.3 is 6.09 Å². The Kier molecular flexibility index (Phi) is 17.2. The van der Waals surface area contributed by atoms with E-state index in [9.17, 15) is 20.1 Å². The molecule has 6 atom stereocenters. The maximum atomic E-state index is 14.1. The number of allylic oxidation sites excluding steroid dienone is 1. The van der Waals surface area contributed by atoms with Crippen LogP contribution < -0.4 is 9.47 Å². The molecule has 0 radical (unpaired) electrons. The third-order valence-corrected chi connectivity index (χ3v) is 10.2. The number of ether oxygens (including phenoxy) is 5. The van der Waals surface area contributed by atoms with E-state index in [1.807, 2.05) is 39.0 Å². The predicted octanol–water partition coefficient (Wildman–Crippen LogP) is 6.37. The van der Waals surface area contributed by atoms with E-state index >= 15 is 0 Å². The van der Waals surface area contributed by atoms with Crippen LogP contribution in [0.5, 0.6) is 11.5 Å². The fourth-order valence-corrected chi connectivity index (χ4v) is 8.08. The molecule has 2 aliphatic carbocycles. The number of carbonyl (C=O) groups is 1. The minimum Gasteiger partial charge on any atom is -0.490 e. The Bertz CT molecular complexity index is 1430. The molecule has 3 aliphatic rings. The van der Waals surface area contributed by atoms with E-state index in [0.717, 1.165) is 36.8 Å². The van der Waals surface area contributed by atoms with Gasteiger partial charge in [-0.3, -0.25) is 4.90 Å². The number of rotatable bonds is 23. The predicted molar refractivity (Wildman–Crippen MR) is 208 cm³/mol. The number of hydrogen-bond donors (Lipinski definition) is 3. The van der Waals surface area contributed by atoms with Gasteiger partial charge in [0.15, 0.2) is 0 Å². The van der Waals surface area contributed by atoms with Crippen molar-refractivity contribution in [3.8, 4) is 11.5 Å². The highest BCUT2D eigenvalue weighted by molar-refractivity contribution is 6.18. The van der Waals surface area contributed by atoms with Crippen molar-refractivity contribution in [1.82, 2.24) is 4.90 Å². The van der Waals surface area contributed by atoms with Crippen molar-refractivity contribution in [2.45, 2.75) is 89.1 Å². The van der Waals surface area contributed by atoms with Gasteiger partial charge in [-0.05, 0) is 82.1 Å². The van der Waals surface area contributed by atoms with Gasteiger partial charge in [0.2, 0.25) is 5.79 Å². The van der Waals surface area contributed by atoms with Crippen LogP contribution in [0.1, 0.15) is 77.2 Å². The fourth-order valence-electron chi connectivity index (χ4n) is 8.00. The van der Waals surface area contributed by atoms with E-state index in [1.165, 1.54) is 0 Å². The van der Waals surface area contributed by atoms with E-state index in [0.29, 0.717) is 36.7 Å². The molecule has 4 rings (SSSR count). The molecule has 1 aromatic carbocycles. The third-order valence-electron chi connectivity index (χ3n) is 10.1. The molecular formula is C41H61ClN2O10. The Balaban J connectivity index is 2.05. The lowest BCUT2D eigenvalue weighted by Crippen LogP contribution is -2.70. The summed E-state index contributed by atoms with van der Waals surface area (Å²) < 4.78 is 31.6. The Hall–Kier alpha value is -3.13. The van der Waals surface area contributed by atoms with E-state index in [2.05, 4.69) is 19.2 Å². The summed E-state index contributed by atoms with van der Waals surface area (Å²) in [5.41, 5.74) is 1.93. The first-order chi connectivity index (χ1) is 26.1. The van der Waals surface area contributed by atoms with Gasteiger partial charge in [-0.2, -0.15) is 0 Å². The average molecular weight is 777 g/mol. The van der Waals surface area contributed by atoms with Crippen molar-refractivity contribution in [3.05, 3.63) is 60.7 Å². The summed E-state index contributed by atoms with van der Waals surface area (Å²) >= 11 is 5.99. The van der Waals surface area contributed by atoms with Crippen LogP contribution in [0.25, 0.3) is 0 Å². The number of benzene rings is 1. The molecule has 0 bridgehead atoms. The van der Waals surface area contributed by atoms with Crippen LogP contribution in [-0.4, -0.2) is 115 Å². The number of alkyl halides is 1. The largest absolute Gasteiger partial charge is 0.490 e. The van der Waals surface area contributed by atoms with Gasteiger partial charge in [0.1, 0.15) is 36.4 Å². The van der Waals surface area contributed by atoms with Crippen molar-refractivity contribution in [2.75, 3.05) is 65.3 Å². The van der Waals surface area contributed by atoms with Crippen LogP contribution >= 0.6 is 11.6 Å². The van der Waals surface area contributed by atoms with Crippen LogP contribution in [0.3, 0.4) is 0 Å². The first-order valence-electron chi connectivity index (χ1n) is 19.3. The lowest BCUT2D eigenvalue weighted by atomic mass is 9.55. The first kappa shape index (κ1) is 43.6. The summed E-state index contributed by atoms with van der Waals surface area (Å²) in [7, 11) is 0. The molecule has 12 nitrogen and oxygen atoms in total. The van der Waals surface area contributed by atoms with Gasteiger partial charge in [0.05, 0.1) is 43.9 Å². The van der Waals surface area contributed by atoms with Crippen LogP contribution in [0, 0.1) is 17.8 Å². The van der Waals surface area contributed by atoms with Crippen molar-refractivity contribution in [2.24, 2.45) is 22.9 Å².